The fourth-order valence-electron chi connectivity index (χ4n) is 1.47. The third-order valence-corrected chi connectivity index (χ3v) is 2.11. The smallest absolute Gasteiger partial charge is 0.411 e. The van der Waals surface area contributed by atoms with E-state index in [0.29, 0.717) is 0 Å². The lowest BCUT2D eigenvalue weighted by Crippen LogP contribution is -2.49. The summed E-state index contributed by atoms with van der Waals surface area (Å²) in [6.45, 7) is 10.5. The summed E-state index contributed by atoms with van der Waals surface area (Å²) in [6.07, 6.45) is 2.17. The van der Waals surface area contributed by atoms with Gasteiger partial charge in [-0.05, 0) is 27.7 Å². The van der Waals surface area contributed by atoms with E-state index >= 15 is 0 Å². The second-order valence-electron chi connectivity index (χ2n) is 4.10. The molecule has 1 rings (SSSR count). The van der Waals surface area contributed by atoms with Crippen LogP contribution in [0.25, 0.3) is 0 Å². The Morgan fingerprint density at radius 1 is 1.50 bits per heavy atom. The Hall–Kier alpha value is -0.275. The summed E-state index contributed by atoms with van der Waals surface area (Å²) in [5.41, 5.74) is 0.198. The largest absolute Gasteiger partial charge is 0.418 e. The molecule has 0 amide bonds. The molecule has 2 nitrogen and oxygen atoms in total. The predicted molar refractivity (Wildman–Crippen MR) is 53.0 cm³/mol. The molecule has 0 aromatic heterocycles. The molecule has 0 saturated heterocycles. The Labute approximate surface area is 75.7 Å². The number of nitrogens with zero attached hydrogens (tertiary/aromatic N) is 1. The van der Waals surface area contributed by atoms with E-state index in [0.717, 1.165) is 13.2 Å². The van der Waals surface area contributed by atoms with Crippen LogP contribution in [0.3, 0.4) is 0 Å². The van der Waals surface area contributed by atoms with Crippen LogP contribution in [0, 0.1) is 0 Å². The monoisotopic (exact) mass is 167 g/mol. The lowest BCUT2D eigenvalue weighted by Gasteiger charge is -2.34. The van der Waals surface area contributed by atoms with E-state index < -0.39 is 0 Å². The van der Waals surface area contributed by atoms with Crippen LogP contribution in [-0.4, -0.2) is 30.6 Å². The van der Waals surface area contributed by atoms with Crippen molar-refractivity contribution in [1.29, 1.82) is 0 Å². The van der Waals surface area contributed by atoms with E-state index in [1.165, 1.54) is 0 Å². The first-order chi connectivity index (χ1) is 5.55. The van der Waals surface area contributed by atoms with Gasteiger partial charge in [0.25, 0.3) is 0 Å². The predicted octanol–water partition coefficient (Wildman–Crippen LogP) is 1.72. The molecule has 0 atom stereocenters. The standard InChI is InChI=1S/C9H18BNO/c1-5-12-10-7-6-8-11(10)9(2,3)4/h6-7H,5,8H2,1-4H3. The minimum absolute atomic E-state index is 0.190. The highest BCUT2D eigenvalue weighted by atomic mass is 16.4. The molecule has 0 aromatic rings. The molecule has 68 valence electrons. The molecule has 0 aromatic carbocycles. The Bertz CT molecular complexity index is 174. The molecule has 0 N–H and O–H groups in total. The summed E-state index contributed by atoms with van der Waals surface area (Å²) >= 11 is 0. The number of hydrogen-bond acceptors (Lipinski definition) is 2. The third-order valence-electron chi connectivity index (χ3n) is 2.11. The zero-order valence-corrected chi connectivity index (χ0v) is 8.50. The van der Waals surface area contributed by atoms with Crippen molar-refractivity contribution in [3.05, 3.63) is 12.1 Å². The van der Waals surface area contributed by atoms with Gasteiger partial charge in [0.05, 0.1) is 0 Å². The molecule has 12 heavy (non-hydrogen) atoms. The van der Waals surface area contributed by atoms with Gasteiger partial charge in [-0.3, -0.25) is 0 Å². The number of rotatable bonds is 2. The van der Waals surface area contributed by atoms with Gasteiger partial charge >= 0.3 is 7.05 Å². The molecule has 0 aliphatic carbocycles. The second kappa shape index (κ2) is 3.63. The van der Waals surface area contributed by atoms with Crippen molar-refractivity contribution in [2.75, 3.05) is 13.2 Å². The Morgan fingerprint density at radius 2 is 2.17 bits per heavy atom. The van der Waals surface area contributed by atoms with Gasteiger partial charge in [0.15, 0.2) is 0 Å². The minimum Gasteiger partial charge on any atom is -0.418 e. The van der Waals surface area contributed by atoms with Gasteiger partial charge in [-0.2, -0.15) is 0 Å². The zero-order valence-electron chi connectivity index (χ0n) is 8.50. The SMILES string of the molecule is CCOB1C=CCN1C(C)(C)C. The summed E-state index contributed by atoms with van der Waals surface area (Å²) in [4.78, 5) is 2.34. The topological polar surface area (TPSA) is 12.5 Å². The molecule has 0 fully saturated rings. The first-order valence-electron chi connectivity index (χ1n) is 4.60. The van der Waals surface area contributed by atoms with Crippen molar-refractivity contribution in [3.63, 3.8) is 0 Å². The molecule has 0 radical (unpaired) electrons. The van der Waals surface area contributed by atoms with Gasteiger partial charge in [-0.25, -0.2) is 0 Å². The van der Waals surface area contributed by atoms with E-state index in [4.69, 9.17) is 4.65 Å². The lowest BCUT2D eigenvalue weighted by molar-refractivity contribution is 0.214. The summed E-state index contributed by atoms with van der Waals surface area (Å²) in [6, 6.07) is 0. The van der Waals surface area contributed by atoms with Crippen molar-refractivity contribution in [1.82, 2.24) is 4.81 Å². The van der Waals surface area contributed by atoms with E-state index in [1.54, 1.807) is 0 Å². The van der Waals surface area contributed by atoms with Crippen molar-refractivity contribution in [2.45, 2.75) is 33.2 Å². The van der Waals surface area contributed by atoms with Gasteiger partial charge in [-0.1, -0.05) is 12.1 Å². The first-order valence-corrected chi connectivity index (χ1v) is 4.60. The Kier molecular flexibility index (Phi) is 2.96. The highest BCUT2D eigenvalue weighted by Gasteiger charge is 2.33. The maximum absolute atomic E-state index is 5.58. The molecule has 1 aliphatic rings. The quantitative estimate of drug-likeness (QED) is 0.580. The van der Waals surface area contributed by atoms with Crippen LogP contribution in [0.15, 0.2) is 12.1 Å². The van der Waals surface area contributed by atoms with Gasteiger partial charge in [0.2, 0.25) is 0 Å². The summed E-state index contributed by atoms with van der Waals surface area (Å²) in [5.74, 6) is 2.13. The maximum atomic E-state index is 5.58. The molecular weight excluding hydrogens is 149 g/mol. The summed E-state index contributed by atoms with van der Waals surface area (Å²) in [5, 5.41) is 0. The average Bonchev–Trinajstić information content (AvgIpc) is 2.34. The molecule has 0 bridgehead atoms. The van der Waals surface area contributed by atoms with Crippen LogP contribution in [0.2, 0.25) is 0 Å². The minimum atomic E-state index is 0.190. The lowest BCUT2D eigenvalue weighted by atomic mass is 9.79. The molecule has 0 saturated carbocycles. The molecule has 0 unspecified atom stereocenters. The fourth-order valence-corrected chi connectivity index (χ4v) is 1.47. The van der Waals surface area contributed by atoms with Gasteiger partial charge in [0, 0.05) is 18.7 Å². The van der Waals surface area contributed by atoms with E-state index in [1.807, 2.05) is 6.92 Å². The van der Waals surface area contributed by atoms with Gasteiger partial charge < -0.3 is 9.47 Å². The summed E-state index contributed by atoms with van der Waals surface area (Å²) < 4.78 is 5.58. The first kappa shape index (κ1) is 9.81. The van der Waals surface area contributed by atoms with Crippen LogP contribution in [0.1, 0.15) is 27.7 Å². The van der Waals surface area contributed by atoms with Crippen molar-refractivity contribution < 1.29 is 4.65 Å². The zero-order chi connectivity index (χ0) is 9.19. The molecule has 1 heterocycles. The average molecular weight is 167 g/mol. The highest BCUT2D eigenvalue weighted by molar-refractivity contribution is 6.55. The fraction of sp³-hybridized carbons (Fsp3) is 0.778. The Morgan fingerprint density at radius 3 is 2.67 bits per heavy atom. The third kappa shape index (κ3) is 2.11. The molecule has 3 heteroatoms. The van der Waals surface area contributed by atoms with Crippen LogP contribution in [-0.2, 0) is 4.65 Å². The summed E-state index contributed by atoms with van der Waals surface area (Å²) in [7, 11) is 0.190. The molecule has 0 spiro atoms. The second-order valence-corrected chi connectivity index (χ2v) is 4.10. The van der Waals surface area contributed by atoms with Crippen LogP contribution in [0.5, 0.6) is 0 Å². The Balaban J connectivity index is 2.56. The maximum Gasteiger partial charge on any atom is 0.411 e. The van der Waals surface area contributed by atoms with Crippen molar-refractivity contribution >= 4 is 7.05 Å². The number of hydrogen-bond donors (Lipinski definition) is 0. The van der Waals surface area contributed by atoms with E-state index in [-0.39, 0.29) is 12.6 Å². The van der Waals surface area contributed by atoms with Gasteiger partial charge in [0.1, 0.15) is 0 Å². The molecule has 1 aliphatic heterocycles. The highest BCUT2D eigenvalue weighted by Crippen LogP contribution is 2.19. The van der Waals surface area contributed by atoms with Crippen LogP contribution >= 0.6 is 0 Å². The van der Waals surface area contributed by atoms with Crippen LogP contribution < -0.4 is 0 Å². The van der Waals surface area contributed by atoms with Crippen molar-refractivity contribution in [2.24, 2.45) is 0 Å². The van der Waals surface area contributed by atoms with Gasteiger partial charge in [-0.15, -0.1) is 0 Å². The van der Waals surface area contributed by atoms with Crippen LogP contribution in [0.4, 0.5) is 0 Å². The molecular formula is C9H18BNO. The normalized spacial score (nSPS) is 19.2. The van der Waals surface area contributed by atoms with E-state index in [2.05, 4.69) is 37.6 Å². The van der Waals surface area contributed by atoms with Crippen molar-refractivity contribution in [3.8, 4) is 0 Å². The van der Waals surface area contributed by atoms with E-state index in [9.17, 15) is 0 Å².